The number of halogens is 2. The first-order valence-electron chi connectivity index (χ1n) is 17.4. The summed E-state index contributed by atoms with van der Waals surface area (Å²) in [6, 6.07) is 6.50. The molecule has 5 aromatic rings. The number of nitrogens with one attached hydrogen (secondary N) is 1. The van der Waals surface area contributed by atoms with Crippen LogP contribution in [-0.2, 0) is 7.05 Å². The Bertz CT molecular complexity index is 2240. The lowest BCUT2D eigenvalue weighted by molar-refractivity contribution is 0.163. The van der Waals surface area contributed by atoms with E-state index >= 15 is 8.78 Å². The van der Waals surface area contributed by atoms with Crippen molar-refractivity contribution in [1.82, 2.24) is 30.0 Å². The van der Waals surface area contributed by atoms with Gasteiger partial charge in [0.05, 0.1) is 17.6 Å². The number of phenols is 1. The number of benzene rings is 3. The van der Waals surface area contributed by atoms with Gasteiger partial charge in [-0.2, -0.15) is 15.1 Å². The minimum atomic E-state index is -0.649. The van der Waals surface area contributed by atoms with Crippen molar-refractivity contribution >= 4 is 38.4 Å². The average Bonchev–Trinajstić information content (AvgIpc) is 3.88. The van der Waals surface area contributed by atoms with Crippen LogP contribution in [0.25, 0.3) is 43.7 Å². The van der Waals surface area contributed by atoms with E-state index in [-0.39, 0.29) is 39.4 Å². The van der Waals surface area contributed by atoms with Gasteiger partial charge in [0.1, 0.15) is 28.4 Å². The highest BCUT2D eigenvalue weighted by Gasteiger charge is 2.51. The van der Waals surface area contributed by atoms with Crippen LogP contribution in [0.1, 0.15) is 37.7 Å². The number of aromatic nitrogens is 4. The van der Waals surface area contributed by atoms with Crippen LogP contribution in [0.2, 0.25) is 0 Å². The van der Waals surface area contributed by atoms with Crippen LogP contribution < -0.4 is 15.0 Å². The standard InChI is InChI=1S/C38H37F2N7O2/c1-3-26-29(39)7-4-20-11-25(48)12-27(30(20)26)31-33(40)35-32(28-17-45(2)44-34(28)31)36(47-15-23-5-6-24(16-47)41-23)43-37(42-35)49-19-38(8-9-38)18-46-13-21-10-22(21)14-46/h1,4,7,11-12,17,21-24,41,48H,5-6,8-10,13-16,18-19H2,2H3. The van der Waals surface area contributed by atoms with Crippen LogP contribution >= 0.6 is 0 Å². The zero-order chi connectivity index (χ0) is 33.2. The fourth-order valence-electron chi connectivity index (χ4n) is 9.03. The normalized spacial score (nSPS) is 25.3. The molecule has 5 heterocycles. The molecule has 3 aliphatic heterocycles. The van der Waals surface area contributed by atoms with Gasteiger partial charge in [-0.3, -0.25) is 4.68 Å². The molecule has 0 radical (unpaired) electrons. The van der Waals surface area contributed by atoms with Crippen molar-refractivity contribution in [2.45, 2.75) is 44.2 Å². The minimum absolute atomic E-state index is 0.00944. The first-order valence-corrected chi connectivity index (χ1v) is 17.4. The number of phenolic OH excluding ortho intramolecular Hbond substituents is 1. The van der Waals surface area contributed by atoms with Crippen molar-refractivity contribution in [3.63, 3.8) is 0 Å². The molecule has 2 saturated carbocycles. The molecule has 0 amide bonds. The number of piperidine rings is 1. The molecule has 49 heavy (non-hydrogen) atoms. The maximum atomic E-state index is 17.5. The van der Waals surface area contributed by atoms with Gasteiger partial charge < -0.3 is 25.0 Å². The molecule has 9 nitrogen and oxygen atoms in total. The lowest BCUT2D eigenvalue weighted by Gasteiger charge is -2.34. The van der Waals surface area contributed by atoms with Crippen molar-refractivity contribution in [1.29, 1.82) is 0 Å². The van der Waals surface area contributed by atoms with Gasteiger partial charge in [-0.05, 0) is 73.1 Å². The molecule has 0 spiro atoms. The number of aryl methyl sites for hydroxylation is 1. The molecule has 2 bridgehead atoms. The number of fused-ring (bicyclic) bond motifs is 7. The van der Waals surface area contributed by atoms with Crippen molar-refractivity contribution in [2.75, 3.05) is 44.2 Å². The highest BCUT2D eigenvalue weighted by Crippen LogP contribution is 2.51. The van der Waals surface area contributed by atoms with Gasteiger partial charge in [0.2, 0.25) is 0 Å². The highest BCUT2D eigenvalue weighted by molar-refractivity contribution is 6.18. The molecule has 11 heteroatoms. The number of rotatable bonds is 7. The lowest BCUT2D eigenvalue weighted by atomic mass is 9.91. The Morgan fingerprint density at radius 2 is 1.82 bits per heavy atom. The Morgan fingerprint density at radius 1 is 1.04 bits per heavy atom. The van der Waals surface area contributed by atoms with E-state index in [0.29, 0.717) is 51.6 Å². The molecule has 10 rings (SSSR count). The van der Waals surface area contributed by atoms with Crippen LogP contribution in [0.3, 0.4) is 0 Å². The molecule has 4 unspecified atom stereocenters. The summed E-state index contributed by atoms with van der Waals surface area (Å²) < 4.78 is 40.7. The number of hydrogen-bond acceptors (Lipinski definition) is 8. The molecule has 3 aromatic carbocycles. The number of hydrogen-bond donors (Lipinski definition) is 2. The van der Waals surface area contributed by atoms with Gasteiger partial charge in [0, 0.05) is 79.8 Å². The summed E-state index contributed by atoms with van der Waals surface area (Å²) in [5.74, 6) is 3.47. The third kappa shape index (κ3) is 4.75. The van der Waals surface area contributed by atoms with Crippen LogP contribution in [-0.4, -0.2) is 81.2 Å². The zero-order valence-electron chi connectivity index (χ0n) is 27.3. The van der Waals surface area contributed by atoms with Gasteiger partial charge in [-0.1, -0.05) is 12.0 Å². The SMILES string of the molecule is C#Cc1c(F)ccc2cc(O)cc(-c3c(F)c4nc(OCC5(CN6CC7CC7C6)CC5)nc(N5CC6CCC(C5)N6)c4c4cn(C)nc34)c12. The fourth-order valence-corrected chi connectivity index (χ4v) is 9.03. The second kappa shape index (κ2) is 10.5. The maximum Gasteiger partial charge on any atom is 0.319 e. The van der Waals surface area contributed by atoms with E-state index in [1.807, 2.05) is 6.20 Å². The summed E-state index contributed by atoms with van der Waals surface area (Å²) in [6.45, 7) is 5.31. The quantitative estimate of drug-likeness (QED) is 0.226. The molecule has 4 atom stereocenters. The minimum Gasteiger partial charge on any atom is -0.508 e. The molecule has 5 fully saturated rings. The summed E-state index contributed by atoms with van der Waals surface area (Å²) in [6.07, 6.45) is 13.4. The maximum absolute atomic E-state index is 17.5. The van der Waals surface area contributed by atoms with Crippen molar-refractivity contribution in [2.24, 2.45) is 24.3 Å². The summed E-state index contributed by atoms with van der Waals surface area (Å²) in [7, 11) is 1.78. The second-order valence-electron chi connectivity index (χ2n) is 15.2. The van der Waals surface area contributed by atoms with E-state index in [4.69, 9.17) is 26.2 Å². The number of piperazine rings is 1. The predicted molar refractivity (Wildman–Crippen MR) is 184 cm³/mol. The first kappa shape index (κ1) is 29.4. The van der Waals surface area contributed by atoms with Crippen LogP contribution in [0.15, 0.2) is 30.5 Å². The number of aromatic hydroxyl groups is 1. The zero-order valence-corrected chi connectivity index (χ0v) is 27.3. The van der Waals surface area contributed by atoms with E-state index in [0.717, 1.165) is 57.2 Å². The van der Waals surface area contributed by atoms with E-state index in [1.165, 1.54) is 43.8 Å². The Hall–Kier alpha value is -4.53. The second-order valence-corrected chi connectivity index (χ2v) is 15.2. The summed E-state index contributed by atoms with van der Waals surface area (Å²) in [5, 5.41) is 21.3. The Labute approximate surface area is 282 Å². The number of ether oxygens (including phenoxy) is 1. The van der Waals surface area contributed by atoms with Crippen LogP contribution in [0, 0.1) is 41.2 Å². The predicted octanol–water partition coefficient (Wildman–Crippen LogP) is 5.35. The van der Waals surface area contributed by atoms with Crippen molar-refractivity contribution in [3.05, 3.63) is 47.7 Å². The van der Waals surface area contributed by atoms with Crippen molar-refractivity contribution < 1.29 is 18.6 Å². The van der Waals surface area contributed by atoms with E-state index in [9.17, 15) is 5.11 Å². The monoisotopic (exact) mass is 661 g/mol. The molecule has 2 aliphatic carbocycles. The Morgan fingerprint density at radius 3 is 2.55 bits per heavy atom. The largest absolute Gasteiger partial charge is 0.508 e. The molecule has 250 valence electrons. The molecule has 2 aromatic heterocycles. The average molecular weight is 662 g/mol. The smallest absolute Gasteiger partial charge is 0.319 e. The summed E-state index contributed by atoms with van der Waals surface area (Å²) in [5.41, 5.74) is 0.841. The van der Waals surface area contributed by atoms with Crippen LogP contribution in [0.5, 0.6) is 11.8 Å². The number of anilines is 1. The Balaban J connectivity index is 1.16. The van der Waals surface area contributed by atoms with Gasteiger partial charge in [-0.15, -0.1) is 6.42 Å². The Kier molecular flexibility index (Phi) is 6.29. The van der Waals surface area contributed by atoms with E-state index in [1.54, 1.807) is 11.7 Å². The van der Waals surface area contributed by atoms with Gasteiger partial charge in [0.25, 0.3) is 0 Å². The number of nitrogens with zero attached hydrogens (tertiary/aromatic N) is 6. The van der Waals surface area contributed by atoms with Gasteiger partial charge in [0.15, 0.2) is 5.82 Å². The lowest BCUT2D eigenvalue weighted by Crippen LogP contribution is -2.51. The topological polar surface area (TPSA) is 91.6 Å². The fraction of sp³-hybridized carbons (Fsp3) is 0.447. The number of likely N-dealkylation sites (tertiary alicyclic amines) is 1. The number of terminal acetylenes is 1. The third-order valence-electron chi connectivity index (χ3n) is 11.7. The van der Waals surface area contributed by atoms with Gasteiger partial charge in [-0.25, -0.2) is 8.78 Å². The summed E-state index contributed by atoms with van der Waals surface area (Å²) >= 11 is 0. The van der Waals surface area contributed by atoms with E-state index in [2.05, 4.69) is 21.0 Å². The highest BCUT2D eigenvalue weighted by atomic mass is 19.1. The molecular weight excluding hydrogens is 624 g/mol. The summed E-state index contributed by atoms with van der Waals surface area (Å²) in [4.78, 5) is 14.7. The molecule has 2 N–H and O–H groups in total. The van der Waals surface area contributed by atoms with Crippen LogP contribution in [0.4, 0.5) is 14.6 Å². The first-order chi connectivity index (χ1) is 23.8. The third-order valence-corrected chi connectivity index (χ3v) is 11.7. The molecular formula is C38H37F2N7O2. The van der Waals surface area contributed by atoms with Crippen molar-refractivity contribution in [3.8, 4) is 35.2 Å². The molecule has 5 aliphatic rings. The van der Waals surface area contributed by atoms with E-state index < -0.39 is 11.6 Å². The molecule has 3 saturated heterocycles. The van der Waals surface area contributed by atoms with Gasteiger partial charge >= 0.3 is 6.01 Å².